The number of nitrogens with zero attached hydrogens (tertiary/aromatic N) is 1. The lowest BCUT2D eigenvalue weighted by Crippen LogP contribution is -2.45. The Kier molecular flexibility index (Phi) is 4.16. The molecular formula is C17H22FN3O. The minimum atomic E-state index is -0.295. The minimum absolute atomic E-state index is 0.0294. The predicted molar refractivity (Wildman–Crippen MR) is 85.2 cm³/mol. The number of fused-ring (bicyclic) bond motifs is 1. The Balaban J connectivity index is 1.85. The van der Waals surface area contributed by atoms with Gasteiger partial charge in [0.1, 0.15) is 11.5 Å². The van der Waals surface area contributed by atoms with Gasteiger partial charge in [-0.3, -0.25) is 4.79 Å². The molecule has 3 N–H and O–H groups in total. The van der Waals surface area contributed by atoms with Crippen molar-refractivity contribution < 1.29 is 9.18 Å². The molecule has 2 aromatic rings. The summed E-state index contributed by atoms with van der Waals surface area (Å²) in [4.78, 5) is 17.8. The summed E-state index contributed by atoms with van der Waals surface area (Å²) in [5, 5.41) is 0.722. The van der Waals surface area contributed by atoms with Gasteiger partial charge in [0, 0.05) is 29.5 Å². The van der Waals surface area contributed by atoms with Gasteiger partial charge in [-0.1, -0.05) is 0 Å². The number of nitrogens with two attached hydrogens (primary N) is 1. The van der Waals surface area contributed by atoms with Crippen LogP contribution >= 0.6 is 0 Å². The van der Waals surface area contributed by atoms with E-state index in [1.165, 1.54) is 12.1 Å². The Morgan fingerprint density at radius 1 is 1.41 bits per heavy atom. The molecule has 0 saturated heterocycles. The molecule has 2 atom stereocenters. The summed E-state index contributed by atoms with van der Waals surface area (Å²) in [5.74, 6) is -0.325. The molecule has 0 spiro atoms. The zero-order chi connectivity index (χ0) is 15.7. The third-order valence-electron chi connectivity index (χ3n) is 4.54. The molecule has 1 saturated carbocycles. The van der Waals surface area contributed by atoms with Crippen LogP contribution in [0.25, 0.3) is 10.9 Å². The van der Waals surface area contributed by atoms with Crippen molar-refractivity contribution in [3.8, 4) is 0 Å². The van der Waals surface area contributed by atoms with Gasteiger partial charge in [0.25, 0.3) is 5.91 Å². The van der Waals surface area contributed by atoms with Crippen molar-refractivity contribution in [2.45, 2.75) is 44.7 Å². The first-order chi connectivity index (χ1) is 10.6. The Bertz CT molecular complexity index is 682. The fourth-order valence-electron chi connectivity index (χ4n) is 3.42. The second-order valence-electron chi connectivity index (χ2n) is 6.09. The lowest BCUT2D eigenvalue weighted by atomic mass is 9.90. The summed E-state index contributed by atoms with van der Waals surface area (Å²) in [6.45, 7) is 2.64. The van der Waals surface area contributed by atoms with Gasteiger partial charge in [-0.05, 0) is 56.9 Å². The van der Waals surface area contributed by atoms with E-state index in [9.17, 15) is 9.18 Å². The number of hydrogen-bond donors (Lipinski definition) is 2. The van der Waals surface area contributed by atoms with E-state index < -0.39 is 0 Å². The number of nitrogens with one attached hydrogen (secondary N) is 1. The van der Waals surface area contributed by atoms with Crippen LogP contribution in [0.5, 0.6) is 0 Å². The number of H-pyrrole nitrogens is 1. The van der Waals surface area contributed by atoms with Gasteiger partial charge >= 0.3 is 0 Å². The topological polar surface area (TPSA) is 62.1 Å². The largest absolute Gasteiger partial charge is 0.351 e. The molecule has 1 heterocycles. The highest BCUT2D eigenvalue weighted by Gasteiger charge is 2.28. The summed E-state index contributed by atoms with van der Waals surface area (Å²) < 4.78 is 13.3. The highest BCUT2D eigenvalue weighted by Crippen LogP contribution is 2.24. The number of benzene rings is 1. The smallest absolute Gasteiger partial charge is 0.270 e. The lowest BCUT2D eigenvalue weighted by Gasteiger charge is -2.35. The Morgan fingerprint density at radius 3 is 2.95 bits per heavy atom. The first kappa shape index (κ1) is 15.0. The quantitative estimate of drug-likeness (QED) is 0.915. The monoisotopic (exact) mass is 303 g/mol. The van der Waals surface area contributed by atoms with Crippen LogP contribution < -0.4 is 5.73 Å². The van der Waals surface area contributed by atoms with E-state index in [0.717, 1.165) is 36.6 Å². The molecule has 2 unspecified atom stereocenters. The van der Waals surface area contributed by atoms with E-state index in [4.69, 9.17) is 5.73 Å². The van der Waals surface area contributed by atoms with Crippen molar-refractivity contribution in [1.29, 1.82) is 0 Å². The van der Waals surface area contributed by atoms with Crippen LogP contribution in [0.3, 0.4) is 0 Å². The molecule has 1 aromatic carbocycles. The molecule has 1 aromatic heterocycles. The third kappa shape index (κ3) is 2.86. The van der Waals surface area contributed by atoms with Gasteiger partial charge in [0.05, 0.1) is 0 Å². The number of amides is 1. The maximum atomic E-state index is 13.3. The van der Waals surface area contributed by atoms with Gasteiger partial charge in [-0.15, -0.1) is 0 Å². The molecule has 1 fully saturated rings. The fourth-order valence-corrected chi connectivity index (χ4v) is 3.42. The normalized spacial score (nSPS) is 22.0. The van der Waals surface area contributed by atoms with E-state index in [0.29, 0.717) is 12.2 Å². The van der Waals surface area contributed by atoms with Crippen LogP contribution in [0.15, 0.2) is 24.3 Å². The molecule has 118 valence electrons. The third-order valence-corrected chi connectivity index (χ3v) is 4.54. The van der Waals surface area contributed by atoms with Crippen molar-refractivity contribution in [2.24, 2.45) is 5.73 Å². The molecule has 5 heteroatoms. The molecule has 1 aliphatic carbocycles. The van der Waals surface area contributed by atoms with Gasteiger partial charge in [0.15, 0.2) is 0 Å². The van der Waals surface area contributed by atoms with E-state index in [-0.39, 0.29) is 23.8 Å². The van der Waals surface area contributed by atoms with Crippen molar-refractivity contribution in [3.63, 3.8) is 0 Å². The number of carbonyl (C=O) groups excluding carboxylic acids is 1. The summed E-state index contributed by atoms with van der Waals surface area (Å²) in [5.41, 5.74) is 7.34. The van der Waals surface area contributed by atoms with E-state index in [2.05, 4.69) is 4.98 Å². The first-order valence-electron chi connectivity index (χ1n) is 7.93. The standard InChI is InChI=1S/C17H22FN3O/c1-2-21(14-5-3-4-13(19)10-14)17(22)16-9-11-8-12(18)6-7-15(11)20-16/h6-9,13-14,20H,2-5,10,19H2,1H3. The van der Waals surface area contributed by atoms with Crippen LogP contribution in [0.2, 0.25) is 0 Å². The Labute approximate surface area is 129 Å². The zero-order valence-corrected chi connectivity index (χ0v) is 12.8. The van der Waals surface area contributed by atoms with Crippen molar-refractivity contribution >= 4 is 16.8 Å². The number of aromatic nitrogens is 1. The van der Waals surface area contributed by atoms with Crippen molar-refractivity contribution in [3.05, 3.63) is 35.8 Å². The van der Waals surface area contributed by atoms with Crippen LogP contribution in [0.4, 0.5) is 4.39 Å². The Morgan fingerprint density at radius 2 is 2.23 bits per heavy atom. The molecule has 1 amide bonds. The predicted octanol–water partition coefficient (Wildman–Crippen LogP) is 3.04. The van der Waals surface area contributed by atoms with E-state index in [1.807, 2.05) is 11.8 Å². The molecule has 22 heavy (non-hydrogen) atoms. The average Bonchev–Trinajstić information content (AvgIpc) is 2.91. The fraction of sp³-hybridized carbons (Fsp3) is 0.471. The van der Waals surface area contributed by atoms with Crippen LogP contribution in [-0.4, -0.2) is 34.4 Å². The summed E-state index contributed by atoms with van der Waals surface area (Å²) in [7, 11) is 0. The minimum Gasteiger partial charge on any atom is -0.351 e. The number of hydrogen-bond acceptors (Lipinski definition) is 2. The van der Waals surface area contributed by atoms with E-state index >= 15 is 0 Å². The van der Waals surface area contributed by atoms with Crippen molar-refractivity contribution in [1.82, 2.24) is 9.88 Å². The first-order valence-corrected chi connectivity index (χ1v) is 7.93. The van der Waals surface area contributed by atoms with Crippen LogP contribution in [0.1, 0.15) is 43.1 Å². The highest BCUT2D eigenvalue weighted by atomic mass is 19.1. The molecule has 3 rings (SSSR count). The SMILES string of the molecule is CCN(C(=O)c1cc2cc(F)ccc2[nH]1)C1CCCC(N)C1. The molecule has 0 radical (unpaired) electrons. The highest BCUT2D eigenvalue weighted by molar-refractivity contribution is 5.98. The molecule has 0 aliphatic heterocycles. The van der Waals surface area contributed by atoms with E-state index in [1.54, 1.807) is 12.1 Å². The summed E-state index contributed by atoms with van der Waals surface area (Å²) in [6, 6.07) is 6.60. The van der Waals surface area contributed by atoms with Crippen molar-refractivity contribution in [2.75, 3.05) is 6.54 Å². The van der Waals surface area contributed by atoms with Crippen LogP contribution in [0, 0.1) is 5.82 Å². The summed E-state index contributed by atoms with van der Waals surface area (Å²) >= 11 is 0. The zero-order valence-electron chi connectivity index (χ0n) is 12.8. The maximum Gasteiger partial charge on any atom is 0.270 e. The number of rotatable bonds is 3. The van der Waals surface area contributed by atoms with Crippen LogP contribution in [-0.2, 0) is 0 Å². The average molecular weight is 303 g/mol. The van der Waals surface area contributed by atoms with Gasteiger partial charge in [-0.2, -0.15) is 0 Å². The number of halogens is 1. The van der Waals surface area contributed by atoms with Gasteiger partial charge in [-0.25, -0.2) is 4.39 Å². The second-order valence-corrected chi connectivity index (χ2v) is 6.09. The number of carbonyl (C=O) groups is 1. The molecule has 0 bridgehead atoms. The Hall–Kier alpha value is -1.88. The lowest BCUT2D eigenvalue weighted by molar-refractivity contribution is 0.0633. The number of aromatic amines is 1. The van der Waals surface area contributed by atoms with Gasteiger partial charge in [0.2, 0.25) is 0 Å². The second kappa shape index (κ2) is 6.08. The molecule has 1 aliphatic rings. The molecule has 4 nitrogen and oxygen atoms in total. The van der Waals surface area contributed by atoms with Gasteiger partial charge < -0.3 is 15.6 Å². The maximum absolute atomic E-state index is 13.3. The molecular weight excluding hydrogens is 281 g/mol. The summed E-state index contributed by atoms with van der Waals surface area (Å²) in [6.07, 6.45) is 3.96.